The Balaban J connectivity index is 2.21. The number of nitrogens with zero attached hydrogens (tertiary/aromatic N) is 2. The summed E-state index contributed by atoms with van der Waals surface area (Å²) in [5.74, 6) is 0. The number of nitrogens with one attached hydrogen (secondary N) is 1. The molecule has 1 aromatic heterocycles. The first-order valence-corrected chi connectivity index (χ1v) is 7.36. The van der Waals surface area contributed by atoms with Gasteiger partial charge in [0.25, 0.3) is 0 Å². The fraction of sp³-hybridized carbons (Fsp3) is 0.400. The second-order valence-corrected chi connectivity index (χ2v) is 5.83. The summed E-state index contributed by atoms with van der Waals surface area (Å²) in [6.45, 7) is 9.42. The Hall–Kier alpha value is -1.29. The van der Waals surface area contributed by atoms with Gasteiger partial charge in [-0.05, 0) is 51.0 Å². The van der Waals surface area contributed by atoms with Gasteiger partial charge in [0, 0.05) is 28.5 Å². The first kappa shape index (κ1) is 14.1. The van der Waals surface area contributed by atoms with E-state index in [0.717, 1.165) is 11.0 Å². The van der Waals surface area contributed by atoms with E-state index in [9.17, 15) is 0 Å². The molecule has 3 nitrogen and oxygen atoms in total. The van der Waals surface area contributed by atoms with Crippen LogP contribution in [0.3, 0.4) is 0 Å². The zero-order valence-electron chi connectivity index (χ0n) is 11.9. The number of rotatable bonds is 4. The summed E-state index contributed by atoms with van der Waals surface area (Å²) in [7, 11) is 0. The van der Waals surface area contributed by atoms with Crippen LogP contribution in [0.4, 0.5) is 5.69 Å². The molecule has 0 saturated carbocycles. The highest BCUT2D eigenvalue weighted by atomic mass is 79.9. The molecule has 0 amide bonds. The predicted octanol–water partition coefficient (Wildman–Crippen LogP) is 4.46. The van der Waals surface area contributed by atoms with Gasteiger partial charge in [-0.25, -0.2) is 0 Å². The van der Waals surface area contributed by atoms with Crippen molar-refractivity contribution in [1.29, 1.82) is 0 Å². The maximum absolute atomic E-state index is 4.33. The van der Waals surface area contributed by atoms with Gasteiger partial charge in [0.05, 0.1) is 12.2 Å². The third kappa shape index (κ3) is 3.18. The maximum Gasteiger partial charge on any atom is 0.0542 e. The first-order chi connectivity index (χ1) is 9.01. The molecule has 102 valence electrons. The Morgan fingerprint density at radius 1 is 1.32 bits per heavy atom. The summed E-state index contributed by atoms with van der Waals surface area (Å²) in [5.41, 5.74) is 4.92. The molecule has 1 heterocycles. The molecule has 1 unspecified atom stereocenters. The smallest absolute Gasteiger partial charge is 0.0542 e. The average molecular weight is 322 g/mol. The minimum Gasteiger partial charge on any atom is -0.378 e. The molecule has 0 aliphatic heterocycles. The lowest BCUT2D eigenvalue weighted by Crippen LogP contribution is -2.08. The molecule has 0 bridgehead atoms. The molecule has 2 rings (SSSR count). The molecule has 19 heavy (non-hydrogen) atoms. The van der Waals surface area contributed by atoms with E-state index in [-0.39, 0.29) is 6.04 Å². The molecule has 4 heteroatoms. The van der Waals surface area contributed by atoms with Gasteiger partial charge >= 0.3 is 0 Å². The van der Waals surface area contributed by atoms with Crippen LogP contribution in [-0.2, 0) is 6.54 Å². The topological polar surface area (TPSA) is 29.9 Å². The van der Waals surface area contributed by atoms with Gasteiger partial charge in [0.15, 0.2) is 0 Å². The number of halogens is 1. The normalized spacial score (nSPS) is 12.5. The minimum atomic E-state index is 0.249. The van der Waals surface area contributed by atoms with Crippen molar-refractivity contribution in [2.75, 3.05) is 5.32 Å². The Morgan fingerprint density at radius 2 is 1.95 bits per heavy atom. The molecular weight excluding hydrogens is 302 g/mol. The number of benzene rings is 1. The molecule has 0 aliphatic carbocycles. The van der Waals surface area contributed by atoms with Crippen molar-refractivity contribution in [3.63, 3.8) is 0 Å². The zero-order chi connectivity index (χ0) is 14.0. The van der Waals surface area contributed by atoms with Gasteiger partial charge in [-0.3, -0.25) is 4.68 Å². The standard InChI is InChI=1S/C15H20BrN3/c1-5-19-9-13(8-17-19)12(4)18-15-10(2)6-14(16)7-11(15)3/h6-9,12,18H,5H2,1-4H3. The fourth-order valence-corrected chi connectivity index (χ4v) is 2.90. The molecule has 1 N–H and O–H groups in total. The van der Waals surface area contributed by atoms with Crippen molar-refractivity contribution in [2.24, 2.45) is 0 Å². The number of hydrogen-bond acceptors (Lipinski definition) is 2. The fourth-order valence-electron chi connectivity index (χ4n) is 2.21. The molecule has 0 aliphatic rings. The van der Waals surface area contributed by atoms with Crippen LogP contribution in [0.15, 0.2) is 29.0 Å². The predicted molar refractivity (Wildman–Crippen MR) is 83.6 cm³/mol. The van der Waals surface area contributed by atoms with Crippen LogP contribution in [0.1, 0.15) is 36.6 Å². The molecule has 0 fully saturated rings. The molecule has 0 radical (unpaired) electrons. The van der Waals surface area contributed by atoms with Gasteiger partial charge in [-0.1, -0.05) is 15.9 Å². The second kappa shape index (κ2) is 5.78. The van der Waals surface area contributed by atoms with Gasteiger partial charge in [0.1, 0.15) is 0 Å². The third-order valence-corrected chi connectivity index (χ3v) is 3.79. The summed E-state index contributed by atoms with van der Waals surface area (Å²) in [5, 5.41) is 7.91. The highest BCUT2D eigenvalue weighted by Gasteiger charge is 2.11. The van der Waals surface area contributed by atoms with Crippen molar-refractivity contribution in [1.82, 2.24) is 9.78 Å². The van der Waals surface area contributed by atoms with Crippen LogP contribution in [0.2, 0.25) is 0 Å². The summed E-state index contributed by atoms with van der Waals surface area (Å²) in [6, 6.07) is 4.52. The number of aryl methyl sites for hydroxylation is 3. The van der Waals surface area contributed by atoms with Crippen LogP contribution in [0.25, 0.3) is 0 Å². The van der Waals surface area contributed by atoms with Crippen LogP contribution in [-0.4, -0.2) is 9.78 Å². The van der Waals surface area contributed by atoms with Gasteiger partial charge < -0.3 is 5.32 Å². The van der Waals surface area contributed by atoms with Gasteiger partial charge in [0.2, 0.25) is 0 Å². The van der Waals surface area contributed by atoms with Crippen molar-refractivity contribution < 1.29 is 0 Å². The maximum atomic E-state index is 4.33. The number of aromatic nitrogens is 2. The molecule has 2 aromatic rings. The quantitative estimate of drug-likeness (QED) is 0.901. The number of anilines is 1. The second-order valence-electron chi connectivity index (χ2n) is 4.91. The molecule has 0 spiro atoms. The van der Waals surface area contributed by atoms with Crippen molar-refractivity contribution in [3.05, 3.63) is 45.7 Å². The zero-order valence-corrected chi connectivity index (χ0v) is 13.5. The molecular formula is C15H20BrN3. The highest BCUT2D eigenvalue weighted by molar-refractivity contribution is 9.10. The van der Waals surface area contributed by atoms with Crippen LogP contribution in [0.5, 0.6) is 0 Å². The summed E-state index contributed by atoms with van der Waals surface area (Å²) >= 11 is 3.53. The SMILES string of the molecule is CCn1cc(C(C)Nc2c(C)cc(Br)cc2C)cn1. The van der Waals surface area contributed by atoms with Crippen molar-refractivity contribution in [2.45, 2.75) is 40.3 Å². The van der Waals surface area contributed by atoms with Gasteiger partial charge in [-0.2, -0.15) is 5.10 Å². The average Bonchev–Trinajstić information content (AvgIpc) is 2.82. The Labute approximate surface area is 123 Å². The van der Waals surface area contributed by atoms with Crippen molar-refractivity contribution >= 4 is 21.6 Å². The molecule has 0 saturated heterocycles. The van der Waals surface area contributed by atoms with Crippen molar-refractivity contribution in [3.8, 4) is 0 Å². The first-order valence-electron chi connectivity index (χ1n) is 6.57. The Morgan fingerprint density at radius 3 is 2.47 bits per heavy atom. The summed E-state index contributed by atoms with van der Waals surface area (Å²) in [4.78, 5) is 0. The van der Waals surface area contributed by atoms with E-state index in [1.54, 1.807) is 0 Å². The van der Waals surface area contributed by atoms with Gasteiger partial charge in [-0.15, -0.1) is 0 Å². The Bertz CT molecular complexity index is 552. The monoisotopic (exact) mass is 321 g/mol. The van der Waals surface area contributed by atoms with E-state index >= 15 is 0 Å². The van der Waals surface area contributed by atoms with Crippen LogP contribution in [0, 0.1) is 13.8 Å². The molecule has 1 atom stereocenters. The highest BCUT2D eigenvalue weighted by Crippen LogP contribution is 2.28. The van der Waals surface area contributed by atoms with E-state index in [4.69, 9.17) is 0 Å². The molecule has 1 aromatic carbocycles. The summed E-state index contributed by atoms with van der Waals surface area (Å²) in [6.07, 6.45) is 4.03. The van der Waals surface area contributed by atoms with E-state index < -0.39 is 0 Å². The van der Waals surface area contributed by atoms with Crippen LogP contribution >= 0.6 is 15.9 Å². The van der Waals surface area contributed by atoms with E-state index in [0.29, 0.717) is 0 Å². The van der Waals surface area contributed by atoms with E-state index in [1.807, 2.05) is 10.9 Å². The number of hydrogen-bond donors (Lipinski definition) is 1. The minimum absolute atomic E-state index is 0.249. The van der Waals surface area contributed by atoms with Crippen LogP contribution < -0.4 is 5.32 Å². The summed E-state index contributed by atoms with van der Waals surface area (Å²) < 4.78 is 3.08. The Kier molecular flexibility index (Phi) is 4.30. The van der Waals surface area contributed by atoms with E-state index in [2.05, 4.69) is 72.4 Å². The van der Waals surface area contributed by atoms with E-state index in [1.165, 1.54) is 22.4 Å². The lowest BCUT2D eigenvalue weighted by atomic mass is 10.1. The lowest BCUT2D eigenvalue weighted by molar-refractivity contribution is 0.658. The third-order valence-electron chi connectivity index (χ3n) is 3.34. The lowest BCUT2D eigenvalue weighted by Gasteiger charge is -2.18. The largest absolute Gasteiger partial charge is 0.378 e.